The van der Waals surface area contributed by atoms with Crippen LogP contribution in [0, 0.1) is 0 Å². The first-order chi connectivity index (χ1) is 3.06. The average Bonchev–Trinajstić information content (AvgIpc) is 1.30. The summed E-state index contributed by atoms with van der Waals surface area (Å²) < 4.78 is 30.7. The molecule has 0 aromatic heterocycles. The van der Waals surface area contributed by atoms with Crippen LogP contribution in [-0.4, -0.2) is 38.4 Å². The van der Waals surface area contributed by atoms with E-state index in [2.05, 4.69) is 4.18 Å². The van der Waals surface area contributed by atoms with Gasteiger partial charge < -0.3 is 0 Å². The predicted molar refractivity (Wildman–Crippen MR) is 28.9 cm³/mol. The van der Waals surface area contributed by atoms with Crippen molar-refractivity contribution in [3.63, 3.8) is 0 Å². The molecule has 8 heavy (non-hydrogen) atoms. The van der Waals surface area contributed by atoms with E-state index in [9.17, 15) is 8.42 Å². The molecule has 0 bridgehead atoms. The zero-order valence-corrected chi connectivity index (χ0v) is 5.60. The molecule has 0 spiro atoms. The summed E-state index contributed by atoms with van der Waals surface area (Å²) in [4.78, 5) is 0. The third-order valence-corrected chi connectivity index (χ3v) is 0.800. The van der Waals surface area contributed by atoms with E-state index < -0.39 is 10.4 Å². The molecule has 0 fully saturated rings. The van der Waals surface area contributed by atoms with E-state index in [0.29, 0.717) is 0 Å². The van der Waals surface area contributed by atoms with Crippen molar-refractivity contribution in [3.05, 3.63) is 0 Å². The molecule has 0 atom stereocenters. The Kier molecular flexibility index (Phi) is 6.15. The summed E-state index contributed by atoms with van der Waals surface area (Å²) in [5.74, 6) is 0. The largest absolute Gasteiger partial charge is 0.397 e. The fourth-order valence-electron chi connectivity index (χ4n) is 0.149. The molecule has 0 amide bonds. The topological polar surface area (TPSA) is 63.6 Å². The van der Waals surface area contributed by atoms with Gasteiger partial charge >= 0.3 is 10.4 Å². The minimum atomic E-state index is -4.17. The molecule has 0 heterocycles. The molecule has 1 radical (unpaired) electrons. The molecule has 1 N–H and O–H groups in total. The number of rotatable bonds is 2. The van der Waals surface area contributed by atoms with Crippen LogP contribution < -0.4 is 0 Å². The zero-order chi connectivity index (χ0) is 5.91. The van der Waals surface area contributed by atoms with Crippen LogP contribution in [-0.2, 0) is 14.6 Å². The molecule has 0 aromatic carbocycles. The van der Waals surface area contributed by atoms with E-state index >= 15 is 0 Å². The molecule has 0 aliphatic heterocycles. The molecule has 0 saturated carbocycles. The second-order valence-corrected chi connectivity index (χ2v) is 1.93. The van der Waals surface area contributed by atoms with Crippen molar-refractivity contribution in [1.82, 2.24) is 0 Å². The van der Waals surface area contributed by atoms with Gasteiger partial charge in [-0.25, -0.2) is 4.18 Å². The van der Waals surface area contributed by atoms with Gasteiger partial charge in [-0.1, -0.05) is 0 Å². The Bertz CT molecular complexity index is 127. The van der Waals surface area contributed by atoms with E-state index in [1.807, 2.05) is 0 Å². The van der Waals surface area contributed by atoms with Gasteiger partial charge in [0.15, 0.2) is 0 Å². The zero-order valence-electron chi connectivity index (χ0n) is 4.79. The fourth-order valence-corrected chi connectivity index (χ4v) is 0.447. The maximum atomic E-state index is 9.56. The number of hydrogen-bond donors (Lipinski definition) is 1. The van der Waals surface area contributed by atoms with Gasteiger partial charge in [0.25, 0.3) is 0 Å². The Morgan fingerprint density at radius 3 is 2.00 bits per heavy atom. The van der Waals surface area contributed by atoms with Gasteiger partial charge in [0.05, 0.1) is 6.61 Å². The first-order valence-electron chi connectivity index (χ1n) is 1.68. The standard InChI is InChI=1S/C2H6O4S.Li/c1-2-6-7(3,4)5;/h2H2,1H3,(H,3,4,5);. The average molecular weight is 133 g/mol. The minimum absolute atomic E-state index is 0. The molecule has 4 nitrogen and oxygen atoms in total. The van der Waals surface area contributed by atoms with Crippen LogP contribution >= 0.6 is 0 Å². The second-order valence-electron chi connectivity index (χ2n) is 0.834. The fraction of sp³-hybridized carbons (Fsp3) is 1.00. The van der Waals surface area contributed by atoms with Crippen LogP contribution in [0.1, 0.15) is 6.92 Å². The van der Waals surface area contributed by atoms with Crippen molar-refractivity contribution in [3.8, 4) is 0 Å². The number of hydrogen-bond acceptors (Lipinski definition) is 3. The van der Waals surface area contributed by atoms with Crippen molar-refractivity contribution in [2.75, 3.05) is 6.61 Å². The van der Waals surface area contributed by atoms with Crippen LogP contribution in [0.5, 0.6) is 0 Å². The van der Waals surface area contributed by atoms with Crippen molar-refractivity contribution in [1.29, 1.82) is 0 Å². The summed E-state index contributed by atoms with van der Waals surface area (Å²) in [7, 11) is -4.17. The molecular weight excluding hydrogens is 127 g/mol. The third kappa shape index (κ3) is 9.69. The Morgan fingerprint density at radius 1 is 1.62 bits per heavy atom. The summed E-state index contributed by atoms with van der Waals surface area (Å²) in [5, 5.41) is 0. The van der Waals surface area contributed by atoms with Crippen molar-refractivity contribution in [2.45, 2.75) is 6.92 Å². The van der Waals surface area contributed by atoms with Crippen LogP contribution in [0.4, 0.5) is 0 Å². The van der Waals surface area contributed by atoms with Gasteiger partial charge in [0, 0.05) is 18.9 Å². The van der Waals surface area contributed by atoms with Crippen molar-refractivity contribution in [2.24, 2.45) is 0 Å². The first-order valence-corrected chi connectivity index (χ1v) is 3.04. The van der Waals surface area contributed by atoms with Crippen LogP contribution in [0.25, 0.3) is 0 Å². The predicted octanol–water partition coefficient (Wildman–Crippen LogP) is -0.555. The van der Waals surface area contributed by atoms with E-state index in [1.54, 1.807) is 0 Å². The van der Waals surface area contributed by atoms with Gasteiger partial charge in [-0.05, 0) is 6.92 Å². The van der Waals surface area contributed by atoms with Crippen LogP contribution in [0.15, 0.2) is 0 Å². The Hall–Kier alpha value is 0.467. The molecule has 45 valence electrons. The first kappa shape index (κ1) is 11.3. The summed E-state index contributed by atoms with van der Waals surface area (Å²) in [6.07, 6.45) is 0. The van der Waals surface area contributed by atoms with Gasteiger partial charge in [-0.15, -0.1) is 0 Å². The summed E-state index contributed by atoms with van der Waals surface area (Å²) in [5.41, 5.74) is 0. The Morgan fingerprint density at radius 2 is 2.00 bits per heavy atom. The Labute approximate surface area is 60.4 Å². The quantitative estimate of drug-likeness (QED) is 0.405. The SMILES string of the molecule is CCOS(=O)(=O)O.[Li]. The summed E-state index contributed by atoms with van der Waals surface area (Å²) in [6, 6.07) is 0. The summed E-state index contributed by atoms with van der Waals surface area (Å²) in [6.45, 7) is 1.44. The molecule has 0 aliphatic rings. The van der Waals surface area contributed by atoms with Gasteiger partial charge in [-0.3, -0.25) is 4.55 Å². The van der Waals surface area contributed by atoms with Crippen molar-refractivity contribution < 1.29 is 17.2 Å². The monoisotopic (exact) mass is 133 g/mol. The van der Waals surface area contributed by atoms with E-state index in [1.165, 1.54) is 6.92 Å². The van der Waals surface area contributed by atoms with E-state index in [0.717, 1.165) is 0 Å². The van der Waals surface area contributed by atoms with Crippen LogP contribution in [0.2, 0.25) is 0 Å². The minimum Gasteiger partial charge on any atom is -0.264 e. The van der Waals surface area contributed by atoms with E-state index in [-0.39, 0.29) is 25.5 Å². The molecule has 6 heteroatoms. The smallest absolute Gasteiger partial charge is 0.264 e. The second kappa shape index (κ2) is 4.36. The summed E-state index contributed by atoms with van der Waals surface area (Å²) >= 11 is 0. The molecule has 0 saturated heterocycles. The van der Waals surface area contributed by atoms with Gasteiger partial charge in [0.2, 0.25) is 0 Å². The maximum absolute atomic E-state index is 9.56. The van der Waals surface area contributed by atoms with E-state index in [4.69, 9.17) is 4.55 Å². The van der Waals surface area contributed by atoms with Crippen LogP contribution in [0.3, 0.4) is 0 Å². The third-order valence-electron chi connectivity index (χ3n) is 0.267. The molecule has 0 aliphatic carbocycles. The molecule has 0 aromatic rings. The Balaban J connectivity index is 0. The molecular formula is C2H6LiO4S. The molecule has 0 unspecified atom stereocenters. The molecule has 0 rings (SSSR count). The van der Waals surface area contributed by atoms with Crippen molar-refractivity contribution >= 4 is 29.3 Å². The van der Waals surface area contributed by atoms with Gasteiger partial charge in [0.1, 0.15) is 0 Å². The maximum Gasteiger partial charge on any atom is 0.397 e. The van der Waals surface area contributed by atoms with Gasteiger partial charge in [-0.2, -0.15) is 8.42 Å². The normalized spacial score (nSPS) is 10.2.